The molecule has 5 rings (SSSR count). The van der Waals surface area contributed by atoms with Crippen LogP contribution in [0.15, 0.2) is 29.2 Å². The lowest BCUT2D eigenvalue weighted by atomic mass is 9.47. The third-order valence-electron chi connectivity index (χ3n) is 8.69. The molecule has 4 aliphatic rings. The highest BCUT2D eigenvalue weighted by Gasteiger charge is 2.56. The van der Waals surface area contributed by atoms with Crippen LogP contribution in [-0.4, -0.2) is 17.1 Å². The molecule has 0 bridgehead atoms. The van der Waals surface area contributed by atoms with E-state index >= 15 is 0 Å². The van der Waals surface area contributed by atoms with Crippen molar-refractivity contribution in [1.82, 2.24) is 4.98 Å². The molecule has 2 saturated carbocycles. The normalized spacial score (nSPS) is 44.0. The van der Waals surface area contributed by atoms with Crippen molar-refractivity contribution in [2.24, 2.45) is 28.6 Å². The van der Waals surface area contributed by atoms with Gasteiger partial charge in [-0.25, -0.2) is 4.98 Å². The molecule has 6 atom stereocenters. The van der Waals surface area contributed by atoms with Gasteiger partial charge < -0.3 is 10.4 Å². The van der Waals surface area contributed by atoms with E-state index in [1.165, 1.54) is 31.3 Å². The maximum atomic E-state index is 11.5. The van der Waals surface area contributed by atoms with Gasteiger partial charge in [0.15, 0.2) is 5.13 Å². The minimum absolute atomic E-state index is 0. The van der Waals surface area contributed by atoms with Crippen LogP contribution in [0.4, 0.5) is 5.13 Å². The molecular formula is C23H33BrN2OS. The molecule has 0 amide bonds. The molecule has 1 aromatic heterocycles. The SMILES string of the molecule is Br.CNc1nc([C@]2(O)CC[C@@]3(C)C(=CC[C@H]4[C@@H]5CC=C[C@@]5(C)CC[C@@H]43)C2)cs1. The molecule has 2 fully saturated rings. The van der Waals surface area contributed by atoms with E-state index in [9.17, 15) is 5.11 Å². The van der Waals surface area contributed by atoms with Crippen LogP contribution in [0.5, 0.6) is 0 Å². The molecule has 0 aromatic carbocycles. The van der Waals surface area contributed by atoms with Crippen molar-refractivity contribution in [3.63, 3.8) is 0 Å². The zero-order valence-corrected chi connectivity index (χ0v) is 19.7. The Balaban J connectivity index is 0.00000192. The number of hydrogen-bond donors (Lipinski definition) is 2. The van der Waals surface area contributed by atoms with Crippen molar-refractivity contribution in [2.45, 2.75) is 64.4 Å². The lowest BCUT2D eigenvalue weighted by Gasteiger charge is -2.58. The minimum atomic E-state index is -0.790. The monoisotopic (exact) mass is 464 g/mol. The summed E-state index contributed by atoms with van der Waals surface area (Å²) in [5.74, 6) is 2.42. The molecule has 154 valence electrons. The number of nitrogens with one attached hydrogen (secondary N) is 1. The van der Waals surface area contributed by atoms with Gasteiger partial charge in [0.05, 0.1) is 5.69 Å². The Morgan fingerprint density at radius 1 is 1.18 bits per heavy atom. The Morgan fingerprint density at radius 3 is 2.75 bits per heavy atom. The molecule has 1 heterocycles. The Labute approximate surface area is 183 Å². The molecule has 0 aliphatic heterocycles. The van der Waals surface area contributed by atoms with Crippen LogP contribution in [0.25, 0.3) is 0 Å². The van der Waals surface area contributed by atoms with Gasteiger partial charge in [0, 0.05) is 18.8 Å². The van der Waals surface area contributed by atoms with Crippen molar-refractivity contribution < 1.29 is 5.11 Å². The van der Waals surface area contributed by atoms with Crippen LogP contribution in [0.1, 0.15) is 64.5 Å². The lowest BCUT2D eigenvalue weighted by Crippen LogP contribution is -2.50. The third-order valence-corrected chi connectivity index (χ3v) is 9.55. The predicted molar refractivity (Wildman–Crippen MR) is 122 cm³/mol. The van der Waals surface area contributed by atoms with Gasteiger partial charge in [-0.3, -0.25) is 0 Å². The fourth-order valence-electron chi connectivity index (χ4n) is 6.95. The molecule has 3 nitrogen and oxygen atoms in total. The van der Waals surface area contributed by atoms with Crippen molar-refractivity contribution >= 4 is 33.4 Å². The van der Waals surface area contributed by atoms with E-state index in [2.05, 4.69) is 42.4 Å². The van der Waals surface area contributed by atoms with Gasteiger partial charge in [-0.2, -0.15) is 0 Å². The molecule has 4 aliphatic carbocycles. The van der Waals surface area contributed by atoms with Crippen molar-refractivity contribution in [1.29, 1.82) is 0 Å². The summed E-state index contributed by atoms with van der Waals surface area (Å²) in [6, 6.07) is 0. The molecular weight excluding hydrogens is 432 g/mol. The summed E-state index contributed by atoms with van der Waals surface area (Å²) in [4.78, 5) is 4.64. The smallest absolute Gasteiger partial charge is 0.182 e. The number of halogens is 1. The summed E-state index contributed by atoms with van der Waals surface area (Å²) >= 11 is 1.59. The zero-order valence-electron chi connectivity index (χ0n) is 17.2. The topological polar surface area (TPSA) is 45.2 Å². The third kappa shape index (κ3) is 2.87. The molecule has 0 spiro atoms. The fourth-order valence-corrected chi connectivity index (χ4v) is 7.71. The van der Waals surface area contributed by atoms with Crippen molar-refractivity contribution in [3.8, 4) is 0 Å². The van der Waals surface area contributed by atoms with Crippen LogP contribution < -0.4 is 5.32 Å². The Morgan fingerprint density at radius 2 is 2.00 bits per heavy atom. The molecule has 2 N–H and O–H groups in total. The van der Waals surface area contributed by atoms with E-state index in [4.69, 9.17) is 0 Å². The number of anilines is 1. The van der Waals surface area contributed by atoms with Gasteiger partial charge in [-0.1, -0.05) is 37.6 Å². The minimum Gasteiger partial charge on any atom is -0.383 e. The summed E-state index contributed by atoms with van der Waals surface area (Å²) in [6.07, 6.45) is 15.3. The predicted octanol–water partition coefficient (Wildman–Crippen LogP) is 6.08. The highest BCUT2D eigenvalue weighted by molar-refractivity contribution is 8.93. The summed E-state index contributed by atoms with van der Waals surface area (Å²) in [5.41, 5.74) is 2.27. The van der Waals surface area contributed by atoms with Crippen LogP contribution in [0.2, 0.25) is 0 Å². The van der Waals surface area contributed by atoms with Crippen LogP contribution >= 0.6 is 28.3 Å². The van der Waals surface area contributed by atoms with Crippen LogP contribution in [-0.2, 0) is 5.60 Å². The number of rotatable bonds is 2. The quantitative estimate of drug-likeness (QED) is 0.521. The zero-order chi connectivity index (χ0) is 18.9. The number of hydrogen-bond acceptors (Lipinski definition) is 4. The number of nitrogens with zero attached hydrogens (tertiary/aromatic N) is 1. The first-order valence-electron chi connectivity index (χ1n) is 10.6. The van der Waals surface area contributed by atoms with Gasteiger partial charge in [0.25, 0.3) is 0 Å². The van der Waals surface area contributed by atoms with Gasteiger partial charge in [0.1, 0.15) is 5.60 Å². The second-order valence-corrected chi connectivity index (χ2v) is 10.8. The van der Waals surface area contributed by atoms with E-state index < -0.39 is 5.60 Å². The number of aliphatic hydroxyl groups is 1. The summed E-state index contributed by atoms with van der Waals surface area (Å²) in [5, 5.41) is 17.5. The summed E-state index contributed by atoms with van der Waals surface area (Å²) in [6.45, 7) is 4.99. The summed E-state index contributed by atoms with van der Waals surface area (Å²) in [7, 11) is 1.89. The van der Waals surface area contributed by atoms with E-state index in [0.29, 0.717) is 5.41 Å². The second kappa shape index (κ2) is 6.95. The van der Waals surface area contributed by atoms with Crippen molar-refractivity contribution in [3.05, 3.63) is 34.9 Å². The molecule has 1 aromatic rings. The molecule has 5 heteroatoms. The van der Waals surface area contributed by atoms with Gasteiger partial charge in [-0.05, 0) is 67.1 Å². The first-order valence-corrected chi connectivity index (χ1v) is 11.5. The van der Waals surface area contributed by atoms with E-state index in [-0.39, 0.29) is 22.4 Å². The highest BCUT2D eigenvalue weighted by Crippen LogP contribution is 2.64. The van der Waals surface area contributed by atoms with Crippen molar-refractivity contribution in [2.75, 3.05) is 12.4 Å². The molecule has 0 unspecified atom stereocenters. The largest absolute Gasteiger partial charge is 0.383 e. The van der Waals surface area contributed by atoms with Crippen LogP contribution in [0.3, 0.4) is 0 Å². The highest BCUT2D eigenvalue weighted by atomic mass is 79.9. The van der Waals surface area contributed by atoms with E-state index in [1.807, 2.05) is 12.4 Å². The number of thiazole rings is 1. The Hall–Kier alpha value is -0.650. The Bertz CT molecular complexity index is 819. The number of aromatic nitrogens is 1. The van der Waals surface area contributed by atoms with Crippen LogP contribution in [0, 0.1) is 28.6 Å². The lowest BCUT2D eigenvalue weighted by molar-refractivity contribution is -0.0613. The standard InChI is InChI=1S/C23H32N2OS.BrH/c1-21-9-4-5-17(21)16-7-6-15-13-23(26,19-14-27-20(24-3)25-19)12-11-22(15,2)18(16)8-10-21;/h4,6,9,14,16-18,26H,5,7-8,10-13H2,1-3H3,(H,24,25);1H/t16-,17-,18-,21-,22-,23-;/m0./s1. The molecule has 0 radical (unpaired) electrons. The average Bonchev–Trinajstić information content (AvgIpc) is 3.29. The number of allylic oxidation sites excluding steroid dienone is 3. The number of fused-ring (bicyclic) bond motifs is 5. The maximum Gasteiger partial charge on any atom is 0.182 e. The average molecular weight is 466 g/mol. The van der Waals surface area contributed by atoms with E-state index in [0.717, 1.165) is 47.8 Å². The first-order chi connectivity index (χ1) is 12.9. The first kappa shape index (κ1) is 20.6. The van der Waals surface area contributed by atoms with Gasteiger partial charge >= 0.3 is 0 Å². The Kier molecular flexibility index (Phi) is 5.12. The second-order valence-electron chi connectivity index (χ2n) is 9.94. The molecule has 28 heavy (non-hydrogen) atoms. The summed E-state index contributed by atoms with van der Waals surface area (Å²) < 4.78 is 0. The van der Waals surface area contributed by atoms with Gasteiger partial charge in [-0.15, -0.1) is 28.3 Å². The van der Waals surface area contributed by atoms with E-state index in [1.54, 1.807) is 11.3 Å². The maximum absolute atomic E-state index is 11.5. The van der Waals surface area contributed by atoms with Gasteiger partial charge in [0.2, 0.25) is 0 Å². The fraction of sp³-hybridized carbons (Fsp3) is 0.696. The molecule has 0 saturated heterocycles.